The second-order valence-corrected chi connectivity index (χ2v) is 6.86. The number of esters is 1. The first-order valence-electron chi connectivity index (χ1n) is 9.80. The fourth-order valence-corrected chi connectivity index (χ4v) is 3.03. The fourth-order valence-electron chi connectivity index (χ4n) is 3.03. The van der Waals surface area contributed by atoms with Gasteiger partial charge < -0.3 is 4.74 Å². The Bertz CT molecular complexity index is 1250. The van der Waals surface area contributed by atoms with E-state index in [2.05, 4.69) is 10.3 Å². The van der Waals surface area contributed by atoms with Crippen LogP contribution in [0.4, 0.5) is 4.39 Å². The third-order valence-electron chi connectivity index (χ3n) is 4.68. The molecule has 0 bridgehead atoms. The van der Waals surface area contributed by atoms with Crippen molar-refractivity contribution in [3.63, 3.8) is 0 Å². The van der Waals surface area contributed by atoms with E-state index in [1.165, 1.54) is 18.2 Å². The van der Waals surface area contributed by atoms with Gasteiger partial charge >= 0.3 is 5.97 Å². The molecule has 0 radical (unpaired) electrons. The van der Waals surface area contributed by atoms with Gasteiger partial charge in [-0.25, -0.2) is 13.9 Å². The molecule has 1 heterocycles. The Hall–Kier alpha value is -4.39. The molecule has 158 valence electrons. The number of nitrogens with zero attached hydrogens (tertiary/aromatic N) is 3. The molecular weight excluding hydrogens is 409 g/mol. The standard InChI is InChI=1S/C25H18FN3O3/c26-21-11-7-19(8-12-21)23-16-27-28-29(23)22-13-9-20(10-14-22)24(30)17-32-25(31)15-6-18-4-2-1-3-5-18/h1-16H,17H2. The van der Waals surface area contributed by atoms with Crippen LogP contribution >= 0.6 is 0 Å². The smallest absolute Gasteiger partial charge is 0.331 e. The minimum absolute atomic E-state index is 0.324. The van der Waals surface area contributed by atoms with Crippen molar-refractivity contribution < 1.29 is 18.7 Å². The van der Waals surface area contributed by atoms with E-state index in [1.807, 2.05) is 30.3 Å². The van der Waals surface area contributed by atoms with Crippen molar-refractivity contribution in [2.45, 2.75) is 0 Å². The first-order chi connectivity index (χ1) is 15.6. The summed E-state index contributed by atoms with van der Waals surface area (Å²) in [5.74, 6) is -1.24. The van der Waals surface area contributed by atoms with Crippen molar-refractivity contribution in [3.05, 3.63) is 108 Å². The zero-order chi connectivity index (χ0) is 22.3. The van der Waals surface area contributed by atoms with Gasteiger partial charge in [0.05, 0.1) is 17.6 Å². The third-order valence-corrected chi connectivity index (χ3v) is 4.68. The van der Waals surface area contributed by atoms with E-state index in [4.69, 9.17) is 4.74 Å². The maximum atomic E-state index is 13.2. The number of hydrogen-bond acceptors (Lipinski definition) is 5. The van der Waals surface area contributed by atoms with E-state index < -0.39 is 5.97 Å². The normalized spacial score (nSPS) is 10.9. The summed E-state index contributed by atoms with van der Waals surface area (Å²) in [5, 5.41) is 8.01. The Morgan fingerprint density at radius 3 is 2.38 bits per heavy atom. The maximum Gasteiger partial charge on any atom is 0.331 e. The van der Waals surface area contributed by atoms with Crippen LogP contribution in [0.2, 0.25) is 0 Å². The lowest BCUT2D eigenvalue weighted by atomic mass is 10.1. The van der Waals surface area contributed by atoms with E-state index in [1.54, 1.807) is 53.4 Å². The van der Waals surface area contributed by atoms with Crippen LogP contribution in [0.1, 0.15) is 15.9 Å². The van der Waals surface area contributed by atoms with Crippen molar-refractivity contribution >= 4 is 17.8 Å². The summed E-state index contributed by atoms with van der Waals surface area (Å²) < 4.78 is 19.8. The highest BCUT2D eigenvalue weighted by atomic mass is 19.1. The average Bonchev–Trinajstić information content (AvgIpc) is 3.32. The molecule has 0 atom stereocenters. The number of benzene rings is 3. The fraction of sp³-hybridized carbons (Fsp3) is 0.0400. The van der Waals surface area contributed by atoms with Crippen molar-refractivity contribution in [1.82, 2.24) is 15.0 Å². The number of carbonyl (C=O) groups excluding carboxylic acids is 2. The van der Waals surface area contributed by atoms with Crippen molar-refractivity contribution in [1.29, 1.82) is 0 Å². The number of hydrogen-bond donors (Lipinski definition) is 0. The van der Waals surface area contributed by atoms with Gasteiger partial charge in [0.15, 0.2) is 12.4 Å². The van der Waals surface area contributed by atoms with E-state index in [0.717, 1.165) is 11.1 Å². The Kier molecular flexibility index (Phi) is 6.27. The molecule has 0 amide bonds. The molecule has 6 nitrogen and oxygen atoms in total. The summed E-state index contributed by atoms with van der Waals surface area (Å²) >= 11 is 0. The van der Waals surface area contributed by atoms with Crippen LogP contribution in [-0.2, 0) is 9.53 Å². The lowest BCUT2D eigenvalue weighted by Crippen LogP contribution is -2.12. The molecule has 3 aromatic carbocycles. The molecule has 32 heavy (non-hydrogen) atoms. The largest absolute Gasteiger partial charge is 0.454 e. The highest BCUT2D eigenvalue weighted by Crippen LogP contribution is 2.22. The summed E-state index contributed by atoms with van der Waals surface area (Å²) in [4.78, 5) is 24.2. The molecule has 0 N–H and O–H groups in total. The van der Waals surface area contributed by atoms with Crippen molar-refractivity contribution in [3.8, 4) is 16.9 Å². The topological polar surface area (TPSA) is 74.1 Å². The summed E-state index contributed by atoms with van der Waals surface area (Å²) in [7, 11) is 0. The summed E-state index contributed by atoms with van der Waals surface area (Å²) in [5.41, 5.74) is 3.38. The van der Waals surface area contributed by atoms with Gasteiger partial charge in [-0.05, 0) is 60.2 Å². The number of ether oxygens (including phenoxy) is 1. The Labute approximate surface area is 183 Å². The van der Waals surface area contributed by atoms with Gasteiger partial charge in [0.25, 0.3) is 0 Å². The van der Waals surface area contributed by atoms with Crippen LogP contribution in [-0.4, -0.2) is 33.4 Å². The van der Waals surface area contributed by atoms with Crippen LogP contribution in [0.25, 0.3) is 23.0 Å². The molecule has 4 aromatic rings. The van der Waals surface area contributed by atoms with Gasteiger partial charge in [-0.15, -0.1) is 5.10 Å². The van der Waals surface area contributed by atoms with Gasteiger partial charge in [0.1, 0.15) is 5.82 Å². The molecule has 1 aromatic heterocycles. The number of ketones is 1. The molecule has 0 saturated carbocycles. The molecule has 4 rings (SSSR count). The first kappa shape index (κ1) is 20.9. The van der Waals surface area contributed by atoms with Crippen LogP contribution < -0.4 is 0 Å². The van der Waals surface area contributed by atoms with Gasteiger partial charge in [-0.2, -0.15) is 0 Å². The van der Waals surface area contributed by atoms with Gasteiger partial charge in [0.2, 0.25) is 0 Å². The predicted molar refractivity (Wildman–Crippen MR) is 118 cm³/mol. The Balaban J connectivity index is 1.39. The summed E-state index contributed by atoms with van der Waals surface area (Å²) in [6, 6.07) is 22.0. The van der Waals surface area contributed by atoms with E-state index in [-0.39, 0.29) is 18.2 Å². The quantitative estimate of drug-likeness (QED) is 0.246. The monoisotopic (exact) mass is 427 g/mol. The van der Waals surface area contributed by atoms with E-state index >= 15 is 0 Å². The minimum atomic E-state index is -0.592. The number of rotatable bonds is 7. The second kappa shape index (κ2) is 9.61. The van der Waals surface area contributed by atoms with Crippen LogP contribution in [0, 0.1) is 5.82 Å². The predicted octanol–water partition coefficient (Wildman–Crippen LogP) is 4.51. The molecule has 0 aliphatic heterocycles. The number of Topliss-reactive ketones (excluding diaryl/α,β-unsaturated/α-hetero) is 1. The molecule has 0 saturated heterocycles. The molecule has 0 unspecified atom stereocenters. The van der Waals surface area contributed by atoms with Crippen molar-refractivity contribution in [2.75, 3.05) is 6.61 Å². The molecule has 7 heteroatoms. The minimum Gasteiger partial charge on any atom is -0.454 e. The Morgan fingerprint density at radius 1 is 0.938 bits per heavy atom. The molecule has 0 aliphatic rings. The molecule has 0 fully saturated rings. The molecular formula is C25H18FN3O3. The number of aromatic nitrogens is 3. The van der Waals surface area contributed by atoms with Crippen LogP contribution in [0.15, 0.2) is 91.1 Å². The zero-order valence-corrected chi connectivity index (χ0v) is 16.9. The second-order valence-electron chi connectivity index (χ2n) is 6.86. The maximum absolute atomic E-state index is 13.2. The molecule has 0 aliphatic carbocycles. The number of halogens is 1. The lowest BCUT2D eigenvalue weighted by Gasteiger charge is -2.07. The van der Waals surface area contributed by atoms with Crippen molar-refractivity contribution in [2.24, 2.45) is 0 Å². The highest BCUT2D eigenvalue weighted by Gasteiger charge is 2.12. The third kappa shape index (κ3) is 5.02. The summed E-state index contributed by atoms with van der Waals surface area (Å²) in [6.45, 7) is -0.360. The zero-order valence-electron chi connectivity index (χ0n) is 16.9. The average molecular weight is 427 g/mol. The first-order valence-corrected chi connectivity index (χ1v) is 9.80. The van der Waals surface area contributed by atoms with Gasteiger partial charge in [-0.3, -0.25) is 4.79 Å². The van der Waals surface area contributed by atoms with E-state index in [9.17, 15) is 14.0 Å². The number of carbonyl (C=O) groups is 2. The Morgan fingerprint density at radius 2 is 1.66 bits per heavy atom. The SMILES string of the molecule is O=C(C=Cc1ccccc1)OCC(=O)c1ccc(-n2nncc2-c2ccc(F)cc2)cc1. The summed E-state index contributed by atoms with van der Waals surface area (Å²) in [6.07, 6.45) is 4.49. The highest BCUT2D eigenvalue weighted by molar-refractivity contribution is 5.99. The lowest BCUT2D eigenvalue weighted by molar-refractivity contribution is -0.136. The molecule has 0 spiro atoms. The van der Waals surface area contributed by atoms with Gasteiger partial charge in [-0.1, -0.05) is 35.5 Å². The van der Waals surface area contributed by atoms with Crippen LogP contribution in [0.5, 0.6) is 0 Å². The van der Waals surface area contributed by atoms with E-state index in [0.29, 0.717) is 16.9 Å². The van der Waals surface area contributed by atoms with Gasteiger partial charge in [0, 0.05) is 17.2 Å². The van der Waals surface area contributed by atoms with Crippen LogP contribution in [0.3, 0.4) is 0 Å².